The number of amides is 2. The molecule has 0 aromatic heterocycles. The molecular formula is C21H26ClN3O4. The Balaban J connectivity index is 1.88. The molecule has 0 spiro atoms. The molecule has 0 heterocycles. The molecule has 29 heavy (non-hydrogen) atoms. The number of benzene rings is 2. The van der Waals surface area contributed by atoms with Crippen LogP contribution in [-0.2, 0) is 9.59 Å². The largest absolute Gasteiger partial charge is 0.493 e. The van der Waals surface area contributed by atoms with E-state index in [-0.39, 0.29) is 24.9 Å². The summed E-state index contributed by atoms with van der Waals surface area (Å²) in [6, 6.07) is 7.24. The maximum Gasteiger partial charge on any atom is 0.243 e. The lowest BCUT2D eigenvalue weighted by Gasteiger charge is -2.14. The molecule has 156 valence electrons. The second-order valence-corrected chi connectivity index (χ2v) is 7.05. The Kier molecular flexibility index (Phi) is 7.73. The third-order valence-corrected chi connectivity index (χ3v) is 4.61. The Morgan fingerprint density at radius 3 is 2.07 bits per heavy atom. The van der Waals surface area contributed by atoms with Crippen molar-refractivity contribution in [3.05, 3.63) is 46.0 Å². The predicted molar refractivity (Wildman–Crippen MR) is 115 cm³/mol. The SMILES string of the molecule is COc1cc(Cl)c(NCC(=O)NCC(=O)Nc2c(C)cc(C)cc2C)cc1OC. The lowest BCUT2D eigenvalue weighted by Crippen LogP contribution is -2.36. The van der Waals surface area contributed by atoms with Crippen LogP contribution in [0.25, 0.3) is 0 Å². The lowest BCUT2D eigenvalue weighted by molar-refractivity contribution is -0.122. The van der Waals surface area contributed by atoms with Gasteiger partial charge in [-0.3, -0.25) is 9.59 Å². The van der Waals surface area contributed by atoms with Crippen molar-refractivity contribution in [2.24, 2.45) is 0 Å². The highest BCUT2D eigenvalue weighted by atomic mass is 35.5. The van der Waals surface area contributed by atoms with Crippen molar-refractivity contribution in [3.63, 3.8) is 0 Å². The minimum Gasteiger partial charge on any atom is -0.493 e. The summed E-state index contributed by atoms with van der Waals surface area (Å²) in [5.74, 6) is 0.342. The number of carbonyl (C=O) groups is 2. The van der Waals surface area contributed by atoms with Gasteiger partial charge in [0.05, 0.1) is 38.0 Å². The van der Waals surface area contributed by atoms with Crippen LogP contribution in [0.1, 0.15) is 16.7 Å². The molecule has 0 atom stereocenters. The molecule has 0 aliphatic heterocycles. The Labute approximate surface area is 175 Å². The van der Waals surface area contributed by atoms with Crippen LogP contribution < -0.4 is 25.4 Å². The Morgan fingerprint density at radius 1 is 0.897 bits per heavy atom. The van der Waals surface area contributed by atoms with Gasteiger partial charge in [0.2, 0.25) is 11.8 Å². The van der Waals surface area contributed by atoms with Gasteiger partial charge in [0.25, 0.3) is 0 Å². The quantitative estimate of drug-likeness (QED) is 0.609. The molecule has 2 aromatic rings. The average molecular weight is 420 g/mol. The summed E-state index contributed by atoms with van der Waals surface area (Å²) in [7, 11) is 3.03. The first-order valence-corrected chi connectivity index (χ1v) is 9.42. The highest BCUT2D eigenvalue weighted by molar-refractivity contribution is 6.33. The van der Waals surface area contributed by atoms with Gasteiger partial charge in [-0.05, 0) is 31.9 Å². The second-order valence-electron chi connectivity index (χ2n) is 6.64. The standard InChI is InChI=1S/C21H26ClN3O4/c1-12-6-13(2)21(14(3)7-12)25-20(27)11-24-19(26)10-23-16-9-18(29-5)17(28-4)8-15(16)22/h6-9,23H,10-11H2,1-5H3,(H,24,26)(H,25,27). The maximum absolute atomic E-state index is 12.2. The third-order valence-electron chi connectivity index (χ3n) is 4.30. The van der Waals surface area contributed by atoms with E-state index in [1.807, 2.05) is 32.9 Å². The van der Waals surface area contributed by atoms with E-state index in [1.165, 1.54) is 14.2 Å². The molecule has 0 aliphatic rings. The number of anilines is 2. The van der Waals surface area contributed by atoms with Crippen molar-refractivity contribution in [1.82, 2.24) is 5.32 Å². The smallest absolute Gasteiger partial charge is 0.243 e. The summed E-state index contributed by atoms with van der Waals surface area (Å²) in [6.45, 7) is 5.69. The highest BCUT2D eigenvalue weighted by Crippen LogP contribution is 2.35. The van der Waals surface area contributed by atoms with E-state index in [0.29, 0.717) is 22.2 Å². The Bertz CT molecular complexity index is 892. The zero-order valence-corrected chi connectivity index (χ0v) is 18.0. The van der Waals surface area contributed by atoms with E-state index >= 15 is 0 Å². The lowest BCUT2D eigenvalue weighted by atomic mass is 10.1. The zero-order chi connectivity index (χ0) is 21.6. The van der Waals surface area contributed by atoms with Gasteiger partial charge >= 0.3 is 0 Å². The number of aryl methyl sites for hydroxylation is 3. The van der Waals surface area contributed by atoms with Crippen molar-refractivity contribution in [1.29, 1.82) is 0 Å². The van der Waals surface area contributed by atoms with Crippen molar-refractivity contribution in [3.8, 4) is 11.5 Å². The van der Waals surface area contributed by atoms with Crippen LogP contribution in [-0.4, -0.2) is 39.1 Å². The Hall–Kier alpha value is -2.93. The highest BCUT2D eigenvalue weighted by Gasteiger charge is 2.12. The van der Waals surface area contributed by atoms with Crippen LogP contribution in [0, 0.1) is 20.8 Å². The first-order valence-electron chi connectivity index (χ1n) is 9.05. The minimum absolute atomic E-state index is 0.0505. The van der Waals surface area contributed by atoms with Crippen molar-refractivity contribution >= 4 is 34.8 Å². The summed E-state index contributed by atoms with van der Waals surface area (Å²) >= 11 is 6.19. The van der Waals surface area contributed by atoms with Crippen molar-refractivity contribution in [2.45, 2.75) is 20.8 Å². The van der Waals surface area contributed by atoms with E-state index in [1.54, 1.807) is 12.1 Å². The van der Waals surface area contributed by atoms with Crippen LogP contribution >= 0.6 is 11.6 Å². The number of methoxy groups -OCH3 is 2. The van der Waals surface area contributed by atoms with E-state index in [9.17, 15) is 9.59 Å². The summed E-state index contributed by atoms with van der Waals surface area (Å²) in [5, 5.41) is 8.74. The fraction of sp³-hybridized carbons (Fsp3) is 0.333. The minimum atomic E-state index is -0.344. The second kappa shape index (κ2) is 10.0. The number of ether oxygens (including phenoxy) is 2. The first-order chi connectivity index (χ1) is 13.7. The molecule has 0 radical (unpaired) electrons. The molecule has 8 heteroatoms. The van der Waals surface area contributed by atoms with Gasteiger partial charge in [-0.25, -0.2) is 0 Å². The number of hydrogen-bond acceptors (Lipinski definition) is 5. The molecule has 0 fully saturated rings. The average Bonchev–Trinajstić information content (AvgIpc) is 2.67. The molecule has 0 saturated carbocycles. The monoisotopic (exact) mass is 419 g/mol. The topological polar surface area (TPSA) is 88.7 Å². The fourth-order valence-electron chi connectivity index (χ4n) is 2.97. The van der Waals surface area contributed by atoms with Crippen LogP contribution in [0.3, 0.4) is 0 Å². The van der Waals surface area contributed by atoms with Gasteiger partial charge in [-0.15, -0.1) is 0 Å². The molecule has 3 N–H and O–H groups in total. The van der Waals surface area contributed by atoms with E-state index in [2.05, 4.69) is 16.0 Å². The molecule has 0 aliphatic carbocycles. The summed E-state index contributed by atoms with van der Waals surface area (Å²) in [5.41, 5.74) is 4.38. The fourth-order valence-corrected chi connectivity index (χ4v) is 3.19. The van der Waals surface area contributed by atoms with E-state index in [0.717, 1.165) is 22.4 Å². The van der Waals surface area contributed by atoms with Gasteiger partial charge in [0.15, 0.2) is 11.5 Å². The Morgan fingerprint density at radius 2 is 1.48 bits per heavy atom. The molecule has 2 rings (SSSR count). The summed E-state index contributed by atoms with van der Waals surface area (Å²) in [4.78, 5) is 24.3. The summed E-state index contributed by atoms with van der Waals surface area (Å²) in [6.07, 6.45) is 0. The summed E-state index contributed by atoms with van der Waals surface area (Å²) < 4.78 is 10.4. The number of nitrogens with one attached hydrogen (secondary N) is 3. The molecule has 2 aromatic carbocycles. The predicted octanol–water partition coefficient (Wildman–Crippen LogP) is 3.45. The normalized spacial score (nSPS) is 10.3. The van der Waals surface area contributed by atoms with Crippen LogP contribution in [0.5, 0.6) is 11.5 Å². The maximum atomic E-state index is 12.2. The van der Waals surface area contributed by atoms with Gasteiger partial charge in [0, 0.05) is 17.8 Å². The number of hydrogen-bond donors (Lipinski definition) is 3. The van der Waals surface area contributed by atoms with Crippen molar-refractivity contribution < 1.29 is 19.1 Å². The van der Waals surface area contributed by atoms with Crippen LogP contribution in [0.4, 0.5) is 11.4 Å². The van der Waals surface area contributed by atoms with Crippen LogP contribution in [0.2, 0.25) is 5.02 Å². The van der Waals surface area contributed by atoms with E-state index < -0.39 is 0 Å². The number of halogens is 1. The van der Waals surface area contributed by atoms with Gasteiger partial charge in [-0.2, -0.15) is 0 Å². The molecule has 2 amide bonds. The number of carbonyl (C=O) groups excluding carboxylic acids is 2. The van der Waals surface area contributed by atoms with E-state index in [4.69, 9.17) is 21.1 Å². The zero-order valence-electron chi connectivity index (χ0n) is 17.2. The van der Waals surface area contributed by atoms with Crippen molar-refractivity contribution in [2.75, 3.05) is 37.9 Å². The third kappa shape index (κ3) is 6.02. The number of rotatable bonds is 8. The molecule has 0 saturated heterocycles. The van der Waals surface area contributed by atoms with Gasteiger partial charge < -0.3 is 25.4 Å². The van der Waals surface area contributed by atoms with Gasteiger partial charge in [0.1, 0.15) is 0 Å². The molecule has 0 unspecified atom stereocenters. The van der Waals surface area contributed by atoms with Gasteiger partial charge in [-0.1, -0.05) is 29.3 Å². The molecule has 0 bridgehead atoms. The van der Waals surface area contributed by atoms with Crippen LogP contribution in [0.15, 0.2) is 24.3 Å². The molecule has 7 nitrogen and oxygen atoms in total. The molecular weight excluding hydrogens is 394 g/mol. The first kappa shape index (κ1) is 22.4.